The second-order valence-corrected chi connectivity index (χ2v) is 4.41. The SMILES string of the molecule is C=C(C)[C@H]1CSc2ccccc2N1. The van der Waals surface area contributed by atoms with E-state index in [-0.39, 0.29) is 0 Å². The largest absolute Gasteiger partial charge is 0.377 e. The Morgan fingerprint density at radius 1 is 1.54 bits per heavy atom. The molecule has 0 aliphatic carbocycles. The summed E-state index contributed by atoms with van der Waals surface area (Å²) in [5.74, 6) is 1.09. The second kappa shape index (κ2) is 3.46. The average molecular weight is 191 g/mol. The van der Waals surface area contributed by atoms with E-state index < -0.39 is 0 Å². The number of nitrogens with one attached hydrogen (secondary N) is 1. The first-order valence-corrected chi connectivity index (χ1v) is 5.39. The van der Waals surface area contributed by atoms with Crippen LogP contribution in [0.15, 0.2) is 41.3 Å². The lowest BCUT2D eigenvalue weighted by Crippen LogP contribution is -2.26. The summed E-state index contributed by atoms with van der Waals surface area (Å²) >= 11 is 1.90. The molecule has 2 rings (SSSR count). The van der Waals surface area contributed by atoms with Crippen LogP contribution in [0.5, 0.6) is 0 Å². The van der Waals surface area contributed by atoms with Gasteiger partial charge in [0, 0.05) is 16.3 Å². The standard InChI is InChI=1S/C11H13NS/c1-8(2)10-7-13-11-6-4-3-5-9(11)12-10/h3-6,10,12H,1,7H2,2H3/t10-/m1/s1. The number of benzene rings is 1. The quantitative estimate of drug-likeness (QED) is 0.684. The molecule has 0 saturated heterocycles. The molecule has 0 aromatic heterocycles. The van der Waals surface area contributed by atoms with Gasteiger partial charge >= 0.3 is 0 Å². The summed E-state index contributed by atoms with van der Waals surface area (Å²) in [6.45, 7) is 6.05. The van der Waals surface area contributed by atoms with Crippen LogP contribution in [0, 0.1) is 0 Å². The number of thioether (sulfide) groups is 1. The monoisotopic (exact) mass is 191 g/mol. The molecule has 0 bridgehead atoms. The van der Waals surface area contributed by atoms with E-state index in [0.29, 0.717) is 6.04 Å². The minimum atomic E-state index is 0.430. The molecule has 1 heterocycles. The minimum absolute atomic E-state index is 0.430. The molecule has 0 amide bonds. The van der Waals surface area contributed by atoms with Gasteiger partial charge in [0.15, 0.2) is 0 Å². The summed E-state index contributed by atoms with van der Waals surface area (Å²) in [7, 11) is 0. The van der Waals surface area contributed by atoms with Crippen molar-refractivity contribution < 1.29 is 0 Å². The highest BCUT2D eigenvalue weighted by Crippen LogP contribution is 2.33. The Labute approximate surface area is 83.2 Å². The zero-order valence-corrected chi connectivity index (χ0v) is 8.53. The van der Waals surface area contributed by atoms with Crippen LogP contribution in [-0.4, -0.2) is 11.8 Å². The molecule has 0 unspecified atom stereocenters. The van der Waals surface area contributed by atoms with E-state index in [1.54, 1.807) is 0 Å². The summed E-state index contributed by atoms with van der Waals surface area (Å²) in [6.07, 6.45) is 0. The summed E-state index contributed by atoms with van der Waals surface area (Å²) in [5.41, 5.74) is 2.45. The van der Waals surface area contributed by atoms with Gasteiger partial charge in [-0.3, -0.25) is 0 Å². The molecule has 1 aromatic rings. The van der Waals surface area contributed by atoms with Crippen molar-refractivity contribution >= 4 is 17.4 Å². The number of hydrogen-bond acceptors (Lipinski definition) is 2. The van der Waals surface area contributed by atoms with Crippen LogP contribution in [0.2, 0.25) is 0 Å². The molecule has 0 spiro atoms. The van der Waals surface area contributed by atoms with E-state index >= 15 is 0 Å². The number of anilines is 1. The maximum atomic E-state index is 3.98. The first-order chi connectivity index (χ1) is 6.27. The smallest absolute Gasteiger partial charge is 0.0562 e. The first-order valence-electron chi connectivity index (χ1n) is 4.41. The van der Waals surface area contributed by atoms with Crippen molar-refractivity contribution in [3.05, 3.63) is 36.4 Å². The molecule has 1 N–H and O–H groups in total. The van der Waals surface area contributed by atoms with E-state index in [9.17, 15) is 0 Å². The molecule has 0 fully saturated rings. The highest BCUT2D eigenvalue weighted by molar-refractivity contribution is 7.99. The molecule has 1 aromatic carbocycles. The van der Waals surface area contributed by atoms with Crippen LogP contribution in [0.3, 0.4) is 0 Å². The van der Waals surface area contributed by atoms with Crippen LogP contribution in [0.25, 0.3) is 0 Å². The second-order valence-electron chi connectivity index (χ2n) is 3.35. The van der Waals surface area contributed by atoms with E-state index in [1.807, 2.05) is 11.8 Å². The van der Waals surface area contributed by atoms with Gasteiger partial charge in [0.1, 0.15) is 0 Å². The number of hydrogen-bond donors (Lipinski definition) is 1. The van der Waals surface area contributed by atoms with E-state index in [4.69, 9.17) is 0 Å². The molecule has 1 atom stereocenters. The summed E-state index contributed by atoms with van der Waals surface area (Å²) in [5, 5.41) is 3.48. The van der Waals surface area contributed by atoms with Crippen molar-refractivity contribution in [2.24, 2.45) is 0 Å². The average Bonchev–Trinajstić information content (AvgIpc) is 2.17. The molecule has 1 aliphatic rings. The fourth-order valence-corrected chi connectivity index (χ4v) is 2.55. The Bertz CT molecular complexity index is 333. The normalized spacial score (nSPS) is 20.2. The molecule has 13 heavy (non-hydrogen) atoms. The molecule has 2 heteroatoms. The predicted octanol–water partition coefficient (Wildman–Crippen LogP) is 3.15. The lowest BCUT2D eigenvalue weighted by Gasteiger charge is -2.26. The highest BCUT2D eigenvalue weighted by atomic mass is 32.2. The Balaban J connectivity index is 2.24. The molecule has 1 aliphatic heterocycles. The van der Waals surface area contributed by atoms with Crippen LogP contribution < -0.4 is 5.32 Å². The maximum Gasteiger partial charge on any atom is 0.0562 e. The highest BCUT2D eigenvalue weighted by Gasteiger charge is 2.17. The Morgan fingerprint density at radius 2 is 2.31 bits per heavy atom. The van der Waals surface area contributed by atoms with Crippen LogP contribution in [0.1, 0.15) is 6.92 Å². The lowest BCUT2D eigenvalue weighted by atomic mass is 10.1. The van der Waals surface area contributed by atoms with Crippen molar-refractivity contribution in [3.63, 3.8) is 0 Å². The van der Waals surface area contributed by atoms with Gasteiger partial charge in [-0.15, -0.1) is 11.8 Å². The zero-order valence-electron chi connectivity index (χ0n) is 7.71. The molecular weight excluding hydrogens is 178 g/mol. The van der Waals surface area contributed by atoms with Gasteiger partial charge in [-0.25, -0.2) is 0 Å². The Hall–Kier alpha value is -0.890. The fourth-order valence-electron chi connectivity index (χ4n) is 1.38. The van der Waals surface area contributed by atoms with Gasteiger partial charge in [0.25, 0.3) is 0 Å². The third kappa shape index (κ3) is 1.73. The first kappa shape index (κ1) is 8.70. The lowest BCUT2D eigenvalue weighted by molar-refractivity contribution is 0.923. The Morgan fingerprint density at radius 3 is 3.08 bits per heavy atom. The molecule has 68 valence electrons. The van der Waals surface area contributed by atoms with Crippen molar-refractivity contribution in [2.75, 3.05) is 11.1 Å². The third-order valence-electron chi connectivity index (χ3n) is 2.22. The number of para-hydroxylation sites is 1. The molecule has 0 saturated carbocycles. The topological polar surface area (TPSA) is 12.0 Å². The van der Waals surface area contributed by atoms with Gasteiger partial charge < -0.3 is 5.32 Å². The van der Waals surface area contributed by atoms with Crippen LogP contribution in [0.4, 0.5) is 5.69 Å². The van der Waals surface area contributed by atoms with Crippen molar-refractivity contribution in [3.8, 4) is 0 Å². The van der Waals surface area contributed by atoms with Gasteiger partial charge in [-0.05, 0) is 19.1 Å². The maximum absolute atomic E-state index is 3.98. The Kier molecular flexibility index (Phi) is 2.32. The van der Waals surface area contributed by atoms with E-state index in [2.05, 4.69) is 43.1 Å². The van der Waals surface area contributed by atoms with E-state index in [0.717, 1.165) is 5.75 Å². The van der Waals surface area contributed by atoms with E-state index in [1.165, 1.54) is 16.2 Å². The van der Waals surface area contributed by atoms with Crippen molar-refractivity contribution in [1.29, 1.82) is 0 Å². The summed E-state index contributed by atoms with van der Waals surface area (Å²) in [6, 6.07) is 8.85. The van der Waals surface area contributed by atoms with Gasteiger partial charge in [-0.1, -0.05) is 24.3 Å². The van der Waals surface area contributed by atoms with Gasteiger partial charge in [-0.2, -0.15) is 0 Å². The van der Waals surface area contributed by atoms with Gasteiger partial charge in [0.05, 0.1) is 6.04 Å². The summed E-state index contributed by atoms with van der Waals surface area (Å²) < 4.78 is 0. The van der Waals surface area contributed by atoms with Crippen molar-refractivity contribution in [1.82, 2.24) is 0 Å². The number of fused-ring (bicyclic) bond motifs is 1. The van der Waals surface area contributed by atoms with Gasteiger partial charge in [0.2, 0.25) is 0 Å². The number of rotatable bonds is 1. The van der Waals surface area contributed by atoms with Crippen LogP contribution in [-0.2, 0) is 0 Å². The van der Waals surface area contributed by atoms with Crippen LogP contribution >= 0.6 is 11.8 Å². The fraction of sp³-hybridized carbons (Fsp3) is 0.273. The minimum Gasteiger partial charge on any atom is -0.377 e. The molecule has 0 radical (unpaired) electrons. The molecular formula is C11H13NS. The van der Waals surface area contributed by atoms with Crippen molar-refractivity contribution in [2.45, 2.75) is 17.9 Å². The zero-order chi connectivity index (χ0) is 9.26. The summed E-state index contributed by atoms with van der Waals surface area (Å²) in [4.78, 5) is 1.35. The third-order valence-corrected chi connectivity index (χ3v) is 3.38. The predicted molar refractivity (Wildman–Crippen MR) is 59.4 cm³/mol. The molecule has 1 nitrogen and oxygen atoms in total.